The number of carbonyl (C=O) groups excluding carboxylic acids is 1. The molecule has 0 radical (unpaired) electrons. The van der Waals surface area contributed by atoms with Crippen LogP contribution in [0.3, 0.4) is 0 Å². The molecule has 3 rings (SSSR count). The van der Waals surface area contributed by atoms with Crippen LogP contribution in [0, 0.1) is 5.92 Å². The molecule has 2 aliphatic heterocycles. The Hall–Kier alpha value is -2.10. The van der Waals surface area contributed by atoms with Gasteiger partial charge in [0.25, 0.3) is 0 Å². The van der Waals surface area contributed by atoms with E-state index in [0.717, 1.165) is 44.5 Å². The van der Waals surface area contributed by atoms with E-state index in [1.807, 2.05) is 47.6 Å². The van der Waals surface area contributed by atoms with Gasteiger partial charge in [-0.15, -0.1) is 0 Å². The molecule has 4 heteroatoms. The molecule has 0 bridgehead atoms. The molecule has 0 aliphatic carbocycles. The summed E-state index contributed by atoms with van der Waals surface area (Å²) in [6, 6.07) is 10.0. The van der Waals surface area contributed by atoms with Gasteiger partial charge in [-0.25, -0.2) is 0 Å². The average Bonchev–Trinajstić information content (AvgIpc) is 2.57. The first-order valence-corrected chi connectivity index (χ1v) is 8.07. The van der Waals surface area contributed by atoms with Crippen molar-refractivity contribution in [2.24, 2.45) is 10.9 Å². The zero-order valence-corrected chi connectivity index (χ0v) is 12.9. The highest BCUT2D eigenvalue weighted by Gasteiger charge is 2.23. The van der Waals surface area contributed by atoms with E-state index in [9.17, 15) is 4.79 Å². The first-order valence-electron chi connectivity index (χ1n) is 8.07. The van der Waals surface area contributed by atoms with E-state index in [1.165, 1.54) is 5.71 Å². The number of amides is 1. The van der Waals surface area contributed by atoms with Crippen LogP contribution in [0.25, 0.3) is 0 Å². The average molecular weight is 297 g/mol. The Bertz CT molecular complexity index is 557. The molecule has 2 heterocycles. The van der Waals surface area contributed by atoms with Crippen LogP contribution < -0.4 is 5.32 Å². The van der Waals surface area contributed by atoms with E-state index in [1.54, 1.807) is 0 Å². The highest BCUT2D eigenvalue weighted by molar-refractivity contribution is 5.87. The maximum absolute atomic E-state index is 12.3. The highest BCUT2D eigenvalue weighted by Crippen LogP contribution is 2.22. The fourth-order valence-electron chi connectivity index (χ4n) is 3.14. The van der Waals surface area contributed by atoms with Crippen molar-refractivity contribution in [3.8, 4) is 0 Å². The van der Waals surface area contributed by atoms with E-state index < -0.39 is 0 Å². The van der Waals surface area contributed by atoms with E-state index in [2.05, 4.69) is 10.3 Å². The van der Waals surface area contributed by atoms with Crippen LogP contribution in [0.2, 0.25) is 0 Å². The van der Waals surface area contributed by atoms with Crippen LogP contribution in [0.5, 0.6) is 0 Å². The summed E-state index contributed by atoms with van der Waals surface area (Å²) >= 11 is 0. The Morgan fingerprint density at radius 2 is 2.00 bits per heavy atom. The molecule has 1 saturated heterocycles. The zero-order valence-electron chi connectivity index (χ0n) is 12.9. The molecule has 1 aromatic rings. The fraction of sp³-hybridized carbons (Fsp3) is 0.444. The molecule has 0 aromatic heterocycles. The molecular weight excluding hydrogens is 274 g/mol. The Labute approximate surface area is 131 Å². The summed E-state index contributed by atoms with van der Waals surface area (Å²) in [7, 11) is 0. The third-order valence-corrected chi connectivity index (χ3v) is 4.45. The monoisotopic (exact) mass is 297 g/mol. The van der Waals surface area contributed by atoms with Gasteiger partial charge in [-0.2, -0.15) is 0 Å². The number of hydrogen-bond donors (Lipinski definition) is 1. The van der Waals surface area contributed by atoms with Gasteiger partial charge in [0.2, 0.25) is 5.91 Å². The van der Waals surface area contributed by atoms with Crippen LogP contribution in [-0.2, 0) is 11.2 Å². The quantitative estimate of drug-likeness (QED) is 0.927. The van der Waals surface area contributed by atoms with Crippen LogP contribution in [0.1, 0.15) is 24.8 Å². The molecule has 2 aliphatic rings. The maximum atomic E-state index is 12.3. The van der Waals surface area contributed by atoms with Crippen molar-refractivity contribution in [3.63, 3.8) is 0 Å². The lowest BCUT2D eigenvalue weighted by molar-refractivity contribution is -0.131. The number of piperidine rings is 1. The topological polar surface area (TPSA) is 44.7 Å². The lowest BCUT2D eigenvalue weighted by Gasteiger charge is -2.32. The number of rotatable bonds is 4. The molecule has 0 spiro atoms. The summed E-state index contributed by atoms with van der Waals surface area (Å²) in [5.74, 6) is 0.914. The van der Waals surface area contributed by atoms with Crippen LogP contribution in [0.15, 0.2) is 47.7 Å². The SMILES string of the molecule is O=C(Cc1ccccc1)N1CCC(CC2=NC=CNC2)CC1. The van der Waals surface area contributed by atoms with Crippen molar-refractivity contribution in [2.45, 2.75) is 25.7 Å². The van der Waals surface area contributed by atoms with Gasteiger partial charge in [0.05, 0.1) is 13.0 Å². The van der Waals surface area contributed by atoms with E-state index >= 15 is 0 Å². The maximum Gasteiger partial charge on any atom is 0.226 e. The van der Waals surface area contributed by atoms with E-state index in [4.69, 9.17) is 0 Å². The predicted molar refractivity (Wildman–Crippen MR) is 88.6 cm³/mol. The zero-order chi connectivity index (χ0) is 15.2. The summed E-state index contributed by atoms with van der Waals surface area (Å²) < 4.78 is 0. The van der Waals surface area contributed by atoms with Crippen LogP contribution in [0.4, 0.5) is 0 Å². The Balaban J connectivity index is 1.46. The second kappa shape index (κ2) is 7.25. The molecule has 22 heavy (non-hydrogen) atoms. The molecule has 1 amide bonds. The van der Waals surface area contributed by atoms with Gasteiger partial charge < -0.3 is 10.2 Å². The number of carbonyl (C=O) groups is 1. The summed E-state index contributed by atoms with van der Waals surface area (Å²) in [6.07, 6.45) is 7.46. The third-order valence-electron chi connectivity index (χ3n) is 4.45. The smallest absolute Gasteiger partial charge is 0.226 e. The molecule has 4 nitrogen and oxygen atoms in total. The fourth-order valence-corrected chi connectivity index (χ4v) is 3.14. The van der Waals surface area contributed by atoms with Crippen molar-refractivity contribution in [2.75, 3.05) is 19.6 Å². The summed E-state index contributed by atoms with van der Waals surface area (Å²) in [5, 5.41) is 3.20. The first kappa shape index (κ1) is 14.8. The van der Waals surface area contributed by atoms with Crippen LogP contribution >= 0.6 is 0 Å². The number of likely N-dealkylation sites (tertiary alicyclic amines) is 1. The summed E-state index contributed by atoms with van der Waals surface area (Å²) in [6.45, 7) is 2.63. The van der Waals surface area contributed by atoms with Crippen molar-refractivity contribution in [3.05, 3.63) is 48.3 Å². The van der Waals surface area contributed by atoms with Gasteiger partial charge in [0, 0.05) is 31.2 Å². The number of aliphatic imine (C=N–C) groups is 1. The molecule has 1 N–H and O–H groups in total. The van der Waals surface area contributed by atoms with Crippen molar-refractivity contribution in [1.82, 2.24) is 10.2 Å². The van der Waals surface area contributed by atoms with Crippen molar-refractivity contribution >= 4 is 11.6 Å². The summed E-state index contributed by atoms with van der Waals surface area (Å²) in [4.78, 5) is 18.8. The number of nitrogens with one attached hydrogen (secondary N) is 1. The third kappa shape index (κ3) is 3.97. The lowest BCUT2D eigenvalue weighted by atomic mass is 9.91. The Morgan fingerprint density at radius 1 is 1.23 bits per heavy atom. The standard InChI is InChI=1S/C18H23N3O/c22-18(13-15-4-2-1-3-5-15)21-10-6-16(7-11-21)12-17-14-19-8-9-20-17/h1-5,8-9,16,19H,6-7,10-14H2. The van der Waals surface area contributed by atoms with Gasteiger partial charge in [-0.3, -0.25) is 9.79 Å². The highest BCUT2D eigenvalue weighted by atomic mass is 16.2. The molecule has 1 aromatic carbocycles. The second-order valence-electron chi connectivity index (χ2n) is 6.08. The predicted octanol–water partition coefficient (Wildman–Crippen LogP) is 2.37. The van der Waals surface area contributed by atoms with Crippen molar-refractivity contribution < 1.29 is 4.79 Å². The summed E-state index contributed by atoms with van der Waals surface area (Å²) in [5.41, 5.74) is 2.33. The minimum atomic E-state index is 0.254. The molecule has 0 unspecified atom stereocenters. The molecule has 116 valence electrons. The first-order chi connectivity index (χ1) is 10.8. The van der Waals surface area contributed by atoms with E-state index in [-0.39, 0.29) is 5.91 Å². The molecular formula is C18H23N3O. The normalized spacial score (nSPS) is 18.7. The lowest BCUT2D eigenvalue weighted by Crippen LogP contribution is -2.40. The Kier molecular flexibility index (Phi) is 4.88. The van der Waals surface area contributed by atoms with Gasteiger partial charge in [0.1, 0.15) is 0 Å². The molecule has 0 saturated carbocycles. The van der Waals surface area contributed by atoms with Crippen molar-refractivity contribution in [1.29, 1.82) is 0 Å². The minimum Gasteiger partial charge on any atom is -0.384 e. The van der Waals surface area contributed by atoms with Gasteiger partial charge in [-0.05, 0) is 30.7 Å². The molecule has 1 fully saturated rings. The van der Waals surface area contributed by atoms with Gasteiger partial charge in [0.15, 0.2) is 0 Å². The van der Waals surface area contributed by atoms with E-state index in [0.29, 0.717) is 12.3 Å². The number of nitrogens with zero attached hydrogens (tertiary/aromatic N) is 2. The molecule has 0 atom stereocenters. The largest absolute Gasteiger partial charge is 0.384 e. The minimum absolute atomic E-state index is 0.254. The number of hydrogen-bond acceptors (Lipinski definition) is 3. The second-order valence-corrected chi connectivity index (χ2v) is 6.08. The Morgan fingerprint density at radius 3 is 2.68 bits per heavy atom. The van der Waals surface area contributed by atoms with Gasteiger partial charge in [-0.1, -0.05) is 30.3 Å². The number of benzene rings is 1. The van der Waals surface area contributed by atoms with Crippen LogP contribution in [-0.4, -0.2) is 36.2 Å². The van der Waals surface area contributed by atoms with Gasteiger partial charge >= 0.3 is 0 Å².